The summed E-state index contributed by atoms with van der Waals surface area (Å²) in [6.45, 7) is 0.930. The summed E-state index contributed by atoms with van der Waals surface area (Å²) >= 11 is 0. The van der Waals surface area contributed by atoms with Crippen molar-refractivity contribution in [2.24, 2.45) is 11.7 Å². The van der Waals surface area contributed by atoms with Gasteiger partial charge in [0, 0.05) is 26.2 Å². The Hall–Kier alpha value is -0.170. The summed E-state index contributed by atoms with van der Waals surface area (Å²) in [6.07, 6.45) is 3.76. The third-order valence-electron chi connectivity index (χ3n) is 3.72. The second-order valence-corrected chi connectivity index (χ2v) is 7.07. The Kier molecular flexibility index (Phi) is 4.07. The summed E-state index contributed by atoms with van der Waals surface area (Å²) in [5.41, 5.74) is 5.69. The van der Waals surface area contributed by atoms with Crippen LogP contribution in [0, 0.1) is 5.92 Å². The Labute approximate surface area is 103 Å². The number of rotatable bonds is 5. The Morgan fingerprint density at radius 2 is 2.06 bits per heavy atom. The molecule has 1 saturated carbocycles. The van der Waals surface area contributed by atoms with Crippen LogP contribution in [0.5, 0.6) is 0 Å². The van der Waals surface area contributed by atoms with Gasteiger partial charge < -0.3 is 10.5 Å². The molecule has 2 atom stereocenters. The van der Waals surface area contributed by atoms with Gasteiger partial charge in [-0.2, -0.15) is 4.31 Å². The Morgan fingerprint density at radius 3 is 2.59 bits per heavy atom. The maximum absolute atomic E-state index is 12.2. The fourth-order valence-corrected chi connectivity index (χ4v) is 4.60. The molecule has 6 heteroatoms. The van der Waals surface area contributed by atoms with Crippen LogP contribution in [0.3, 0.4) is 0 Å². The van der Waals surface area contributed by atoms with Crippen LogP contribution in [0.15, 0.2) is 0 Å². The normalized spacial score (nSPS) is 31.6. The number of methoxy groups -OCH3 is 1. The van der Waals surface area contributed by atoms with Crippen LogP contribution in [0.1, 0.15) is 25.7 Å². The summed E-state index contributed by atoms with van der Waals surface area (Å²) in [4.78, 5) is 0. The molecular weight excluding hydrogens is 240 g/mol. The van der Waals surface area contributed by atoms with Crippen LogP contribution in [0.2, 0.25) is 0 Å². The molecule has 2 rings (SSSR count). The van der Waals surface area contributed by atoms with Crippen molar-refractivity contribution in [3.05, 3.63) is 0 Å². The minimum Gasteiger partial charge on any atom is -0.381 e. The molecule has 2 N–H and O–H groups in total. The molecule has 1 aliphatic carbocycles. The first kappa shape index (κ1) is 13.3. The zero-order valence-corrected chi connectivity index (χ0v) is 11.2. The monoisotopic (exact) mass is 262 g/mol. The lowest BCUT2D eigenvalue weighted by atomic mass is 10.0. The fraction of sp³-hybridized carbons (Fsp3) is 1.00. The smallest absolute Gasteiger partial charge is 0.214 e. The zero-order chi connectivity index (χ0) is 12.5. The van der Waals surface area contributed by atoms with E-state index in [1.54, 1.807) is 11.4 Å². The van der Waals surface area contributed by atoms with Crippen LogP contribution in [-0.4, -0.2) is 50.8 Å². The first-order valence-corrected chi connectivity index (χ1v) is 7.90. The van der Waals surface area contributed by atoms with Crippen molar-refractivity contribution >= 4 is 10.0 Å². The van der Waals surface area contributed by atoms with E-state index in [1.165, 1.54) is 0 Å². The van der Waals surface area contributed by atoms with E-state index in [2.05, 4.69) is 0 Å². The van der Waals surface area contributed by atoms with Gasteiger partial charge in [0.2, 0.25) is 10.0 Å². The lowest BCUT2D eigenvalue weighted by Gasteiger charge is -2.37. The van der Waals surface area contributed by atoms with Gasteiger partial charge in [0.25, 0.3) is 0 Å². The minimum atomic E-state index is -3.12. The van der Waals surface area contributed by atoms with Gasteiger partial charge in [-0.25, -0.2) is 8.42 Å². The molecular formula is C11H22N2O3S. The van der Waals surface area contributed by atoms with Crippen molar-refractivity contribution in [1.29, 1.82) is 0 Å². The predicted octanol–water partition coefficient (Wildman–Crippen LogP) is 0.164. The van der Waals surface area contributed by atoms with E-state index < -0.39 is 10.0 Å². The topological polar surface area (TPSA) is 72.6 Å². The van der Waals surface area contributed by atoms with Gasteiger partial charge in [0.1, 0.15) is 0 Å². The van der Waals surface area contributed by atoms with Crippen LogP contribution < -0.4 is 5.73 Å². The van der Waals surface area contributed by atoms with Gasteiger partial charge in [-0.1, -0.05) is 0 Å². The van der Waals surface area contributed by atoms with Crippen LogP contribution >= 0.6 is 0 Å². The van der Waals surface area contributed by atoms with E-state index >= 15 is 0 Å². The van der Waals surface area contributed by atoms with Gasteiger partial charge in [0.15, 0.2) is 0 Å². The minimum absolute atomic E-state index is 0.0857. The molecule has 17 heavy (non-hydrogen) atoms. The van der Waals surface area contributed by atoms with Crippen molar-refractivity contribution in [2.45, 2.75) is 37.8 Å². The average molecular weight is 262 g/mol. The SMILES string of the molecule is COC1CCN(S(=O)(=O)CC2CC2)C(CN)C1. The molecule has 5 nitrogen and oxygen atoms in total. The molecule has 0 spiro atoms. The molecule has 1 saturated heterocycles. The predicted molar refractivity (Wildman–Crippen MR) is 66.1 cm³/mol. The molecule has 2 aliphatic rings. The number of sulfonamides is 1. The molecule has 0 amide bonds. The first-order chi connectivity index (χ1) is 8.06. The standard InChI is InChI=1S/C11H22N2O3S/c1-16-11-4-5-13(10(6-11)7-12)17(14,15)8-9-2-3-9/h9-11H,2-8,12H2,1H3. The molecule has 2 fully saturated rings. The third-order valence-corrected chi connectivity index (χ3v) is 5.81. The van der Waals surface area contributed by atoms with E-state index in [1.807, 2.05) is 0 Å². The molecule has 0 aromatic rings. The molecule has 0 radical (unpaired) electrons. The van der Waals surface area contributed by atoms with Crippen molar-refractivity contribution in [3.63, 3.8) is 0 Å². The van der Waals surface area contributed by atoms with Crippen LogP contribution in [0.4, 0.5) is 0 Å². The summed E-state index contributed by atoms with van der Waals surface area (Å²) < 4.78 is 31.4. The highest BCUT2D eigenvalue weighted by Crippen LogP contribution is 2.32. The van der Waals surface area contributed by atoms with Gasteiger partial charge in [-0.15, -0.1) is 0 Å². The van der Waals surface area contributed by atoms with E-state index in [9.17, 15) is 8.42 Å². The highest BCUT2D eigenvalue weighted by Gasteiger charge is 2.38. The lowest BCUT2D eigenvalue weighted by Crippen LogP contribution is -2.51. The molecule has 1 heterocycles. The van der Waals surface area contributed by atoms with Crippen molar-refractivity contribution in [2.75, 3.05) is 26.0 Å². The zero-order valence-electron chi connectivity index (χ0n) is 10.3. The maximum atomic E-state index is 12.2. The van der Waals surface area contributed by atoms with Gasteiger partial charge in [0.05, 0.1) is 11.9 Å². The Balaban J connectivity index is 2.03. The number of ether oxygens (including phenoxy) is 1. The van der Waals surface area contributed by atoms with Gasteiger partial charge >= 0.3 is 0 Å². The Bertz CT molecular complexity index is 354. The number of nitrogens with two attached hydrogens (primary N) is 1. The summed E-state index contributed by atoms with van der Waals surface area (Å²) in [7, 11) is -1.44. The highest BCUT2D eigenvalue weighted by molar-refractivity contribution is 7.89. The molecule has 0 aromatic carbocycles. The number of hydrogen-bond acceptors (Lipinski definition) is 4. The van der Waals surface area contributed by atoms with E-state index in [0.717, 1.165) is 25.7 Å². The summed E-state index contributed by atoms with van der Waals surface area (Å²) in [5.74, 6) is 0.694. The van der Waals surface area contributed by atoms with Crippen molar-refractivity contribution < 1.29 is 13.2 Å². The number of nitrogens with zero attached hydrogens (tertiary/aromatic N) is 1. The maximum Gasteiger partial charge on any atom is 0.214 e. The number of piperidine rings is 1. The third kappa shape index (κ3) is 3.19. The quantitative estimate of drug-likeness (QED) is 0.766. The van der Waals surface area contributed by atoms with Crippen molar-refractivity contribution in [3.8, 4) is 0 Å². The first-order valence-electron chi connectivity index (χ1n) is 6.29. The van der Waals surface area contributed by atoms with Crippen LogP contribution in [-0.2, 0) is 14.8 Å². The number of hydrogen-bond donors (Lipinski definition) is 1. The molecule has 2 unspecified atom stereocenters. The molecule has 0 aromatic heterocycles. The summed E-state index contributed by atoms with van der Waals surface area (Å²) in [6, 6.07) is -0.0857. The van der Waals surface area contributed by atoms with Crippen molar-refractivity contribution in [1.82, 2.24) is 4.31 Å². The average Bonchev–Trinajstić information content (AvgIpc) is 3.11. The second-order valence-electron chi connectivity index (χ2n) is 5.10. The second kappa shape index (κ2) is 5.22. The van der Waals surface area contributed by atoms with E-state index in [-0.39, 0.29) is 12.1 Å². The van der Waals surface area contributed by atoms with Crippen LogP contribution in [0.25, 0.3) is 0 Å². The summed E-state index contributed by atoms with van der Waals surface area (Å²) in [5, 5.41) is 0. The highest BCUT2D eigenvalue weighted by atomic mass is 32.2. The molecule has 100 valence electrons. The fourth-order valence-electron chi connectivity index (χ4n) is 2.46. The van der Waals surface area contributed by atoms with E-state index in [0.29, 0.717) is 24.8 Å². The van der Waals surface area contributed by atoms with Gasteiger partial charge in [-0.05, 0) is 31.6 Å². The van der Waals surface area contributed by atoms with E-state index in [4.69, 9.17) is 10.5 Å². The largest absolute Gasteiger partial charge is 0.381 e. The molecule has 1 aliphatic heterocycles. The van der Waals surface area contributed by atoms with Gasteiger partial charge in [-0.3, -0.25) is 0 Å². The Morgan fingerprint density at radius 1 is 1.35 bits per heavy atom. The lowest BCUT2D eigenvalue weighted by molar-refractivity contribution is 0.0401. The molecule has 0 bridgehead atoms.